The molecule has 1 saturated heterocycles. The van der Waals surface area contributed by atoms with Crippen molar-refractivity contribution in [3.8, 4) is 0 Å². The molecule has 3 nitrogen and oxygen atoms in total. The van der Waals surface area contributed by atoms with Gasteiger partial charge in [0.15, 0.2) is 5.78 Å². The number of ketones is 1. The van der Waals surface area contributed by atoms with E-state index in [0.29, 0.717) is 44.1 Å². The molecule has 0 aliphatic carbocycles. The molecule has 0 atom stereocenters. The molecule has 0 saturated carbocycles. The second-order valence-electron chi connectivity index (χ2n) is 4.77. The molecule has 0 unspecified atom stereocenters. The van der Waals surface area contributed by atoms with E-state index in [2.05, 4.69) is 0 Å². The van der Waals surface area contributed by atoms with Crippen LogP contribution >= 0.6 is 11.6 Å². The first-order chi connectivity index (χ1) is 9.16. The second-order valence-corrected chi connectivity index (χ2v) is 5.21. The van der Waals surface area contributed by atoms with Crippen LogP contribution in [-0.2, 0) is 20.7 Å². The smallest absolute Gasteiger partial charge is 0.169 e. The fourth-order valence-electron chi connectivity index (χ4n) is 2.47. The molecule has 2 rings (SSSR count). The number of carbonyl (C=O) groups is 1. The predicted molar refractivity (Wildman–Crippen MR) is 74.6 cm³/mol. The summed E-state index contributed by atoms with van der Waals surface area (Å²) in [5.41, 5.74) is 0.262. The van der Waals surface area contributed by atoms with Crippen molar-refractivity contribution in [1.82, 2.24) is 0 Å². The minimum absolute atomic E-state index is 0.125. The van der Waals surface area contributed by atoms with Gasteiger partial charge in [0, 0.05) is 44.1 Å². The van der Waals surface area contributed by atoms with Crippen LogP contribution in [0, 0.1) is 0 Å². The van der Waals surface area contributed by atoms with E-state index in [4.69, 9.17) is 21.1 Å². The quantitative estimate of drug-likeness (QED) is 0.833. The maximum atomic E-state index is 12.6. The number of Topliss-reactive ketones (excluding diaryl/α,β-unsaturated/α-hetero) is 1. The Morgan fingerprint density at radius 2 is 2.16 bits per heavy atom. The van der Waals surface area contributed by atoms with Gasteiger partial charge in [-0.25, -0.2) is 0 Å². The van der Waals surface area contributed by atoms with Gasteiger partial charge in [-0.15, -0.1) is 0 Å². The van der Waals surface area contributed by atoms with E-state index in [0.717, 1.165) is 5.56 Å². The van der Waals surface area contributed by atoms with Gasteiger partial charge in [-0.1, -0.05) is 23.7 Å². The van der Waals surface area contributed by atoms with Crippen LogP contribution in [0.4, 0.5) is 0 Å². The van der Waals surface area contributed by atoms with Crippen LogP contribution in [0.1, 0.15) is 25.3 Å². The van der Waals surface area contributed by atoms with Crippen LogP contribution in [0.15, 0.2) is 24.3 Å². The van der Waals surface area contributed by atoms with Crippen molar-refractivity contribution in [1.29, 1.82) is 0 Å². The van der Waals surface area contributed by atoms with Crippen LogP contribution in [0.5, 0.6) is 0 Å². The molecule has 1 aromatic rings. The van der Waals surface area contributed by atoms with Gasteiger partial charge in [-0.2, -0.15) is 0 Å². The van der Waals surface area contributed by atoms with Gasteiger partial charge in [0.2, 0.25) is 0 Å². The van der Waals surface area contributed by atoms with E-state index in [9.17, 15) is 4.79 Å². The third kappa shape index (κ3) is 3.56. The Balaban J connectivity index is 2.11. The molecule has 19 heavy (non-hydrogen) atoms. The molecule has 1 heterocycles. The monoisotopic (exact) mass is 282 g/mol. The molecule has 4 heteroatoms. The van der Waals surface area contributed by atoms with Crippen molar-refractivity contribution in [3.63, 3.8) is 0 Å². The lowest BCUT2D eigenvalue weighted by Crippen LogP contribution is -2.47. The zero-order chi connectivity index (χ0) is 13.7. The molecule has 0 spiro atoms. The molecule has 1 aliphatic rings. The predicted octanol–water partition coefficient (Wildman–Crippen LogP) is 3.04. The van der Waals surface area contributed by atoms with Crippen molar-refractivity contribution in [3.05, 3.63) is 34.9 Å². The van der Waals surface area contributed by atoms with Crippen molar-refractivity contribution in [2.75, 3.05) is 19.8 Å². The van der Waals surface area contributed by atoms with Crippen molar-refractivity contribution in [2.24, 2.45) is 0 Å². The van der Waals surface area contributed by atoms with Gasteiger partial charge in [-0.3, -0.25) is 4.79 Å². The fraction of sp³-hybridized carbons (Fsp3) is 0.533. The highest BCUT2D eigenvalue weighted by molar-refractivity contribution is 6.30. The van der Waals surface area contributed by atoms with Gasteiger partial charge in [0.25, 0.3) is 0 Å². The molecule has 0 N–H and O–H groups in total. The van der Waals surface area contributed by atoms with Gasteiger partial charge in [0.1, 0.15) is 5.60 Å². The maximum Gasteiger partial charge on any atom is 0.169 e. The first-order valence-electron chi connectivity index (χ1n) is 6.66. The van der Waals surface area contributed by atoms with Crippen LogP contribution < -0.4 is 0 Å². The fourth-order valence-corrected chi connectivity index (χ4v) is 2.69. The highest BCUT2D eigenvalue weighted by Gasteiger charge is 2.40. The van der Waals surface area contributed by atoms with E-state index in [1.165, 1.54) is 0 Å². The zero-order valence-corrected chi connectivity index (χ0v) is 11.9. The van der Waals surface area contributed by atoms with E-state index < -0.39 is 5.60 Å². The minimum atomic E-state index is -0.671. The molecule has 1 fully saturated rings. The van der Waals surface area contributed by atoms with Gasteiger partial charge in [0.05, 0.1) is 0 Å². The first-order valence-corrected chi connectivity index (χ1v) is 7.03. The lowest BCUT2D eigenvalue weighted by atomic mass is 9.86. The van der Waals surface area contributed by atoms with Gasteiger partial charge in [-0.05, 0) is 24.6 Å². The van der Waals surface area contributed by atoms with Crippen LogP contribution in [-0.4, -0.2) is 31.2 Å². The van der Waals surface area contributed by atoms with Crippen LogP contribution in [0.3, 0.4) is 0 Å². The zero-order valence-electron chi connectivity index (χ0n) is 11.2. The average molecular weight is 283 g/mol. The molecule has 0 radical (unpaired) electrons. The lowest BCUT2D eigenvalue weighted by molar-refractivity contribution is -0.156. The van der Waals surface area contributed by atoms with Crippen LogP contribution in [0.2, 0.25) is 5.02 Å². The van der Waals surface area contributed by atoms with Gasteiger partial charge < -0.3 is 9.47 Å². The number of halogens is 1. The molecule has 104 valence electrons. The molecule has 0 bridgehead atoms. The number of benzene rings is 1. The number of hydrogen-bond donors (Lipinski definition) is 0. The van der Waals surface area contributed by atoms with Crippen molar-refractivity contribution in [2.45, 2.75) is 31.8 Å². The Labute approximate surface area is 118 Å². The summed E-state index contributed by atoms with van der Waals surface area (Å²) in [6.45, 7) is 3.63. The molecule has 1 aliphatic heterocycles. The Bertz CT molecular complexity index is 433. The summed E-state index contributed by atoms with van der Waals surface area (Å²) in [6, 6.07) is 7.42. The average Bonchev–Trinajstić information content (AvgIpc) is 2.40. The Kier molecular flexibility index (Phi) is 4.97. The van der Waals surface area contributed by atoms with E-state index in [1.54, 1.807) is 0 Å². The van der Waals surface area contributed by atoms with Crippen molar-refractivity contribution < 1.29 is 14.3 Å². The SMILES string of the molecule is CCOC1(C(=O)Cc2cccc(Cl)c2)CCOCC1. The molecular formula is C15H19ClO3. The first kappa shape index (κ1) is 14.5. The van der Waals surface area contributed by atoms with E-state index in [1.807, 2.05) is 31.2 Å². The lowest BCUT2D eigenvalue weighted by Gasteiger charge is -2.35. The summed E-state index contributed by atoms with van der Waals surface area (Å²) < 4.78 is 11.1. The highest BCUT2D eigenvalue weighted by Crippen LogP contribution is 2.28. The summed E-state index contributed by atoms with van der Waals surface area (Å²) in [6.07, 6.45) is 1.64. The number of hydrogen-bond acceptors (Lipinski definition) is 3. The van der Waals surface area contributed by atoms with E-state index in [-0.39, 0.29) is 5.78 Å². The second kappa shape index (κ2) is 6.51. The molecule has 1 aromatic carbocycles. The van der Waals surface area contributed by atoms with Crippen LogP contribution in [0.25, 0.3) is 0 Å². The number of rotatable bonds is 5. The maximum absolute atomic E-state index is 12.6. The summed E-state index contributed by atoms with van der Waals surface area (Å²) in [4.78, 5) is 12.6. The Hall–Kier alpha value is -0.900. The summed E-state index contributed by atoms with van der Waals surface area (Å²) >= 11 is 5.95. The summed E-state index contributed by atoms with van der Waals surface area (Å²) in [7, 11) is 0. The third-order valence-electron chi connectivity index (χ3n) is 3.48. The largest absolute Gasteiger partial charge is 0.381 e. The van der Waals surface area contributed by atoms with Gasteiger partial charge >= 0.3 is 0 Å². The Morgan fingerprint density at radius 3 is 2.79 bits per heavy atom. The molecule has 0 amide bonds. The normalized spacial score (nSPS) is 18.2. The minimum Gasteiger partial charge on any atom is -0.381 e. The molecular weight excluding hydrogens is 264 g/mol. The third-order valence-corrected chi connectivity index (χ3v) is 3.72. The molecule has 0 aromatic heterocycles. The topological polar surface area (TPSA) is 35.5 Å². The summed E-state index contributed by atoms with van der Waals surface area (Å²) in [5.74, 6) is 0.125. The van der Waals surface area contributed by atoms with Crippen molar-refractivity contribution >= 4 is 17.4 Å². The summed E-state index contributed by atoms with van der Waals surface area (Å²) in [5, 5.41) is 0.655. The number of ether oxygens (including phenoxy) is 2. The van der Waals surface area contributed by atoms with E-state index >= 15 is 0 Å². The standard InChI is InChI=1S/C15H19ClO3/c1-2-19-15(6-8-18-9-7-15)14(17)11-12-4-3-5-13(16)10-12/h3-5,10H,2,6-9,11H2,1H3. The Morgan fingerprint density at radius 1 is 1.42 bits per heavy atom. The number of carbonyl (C=O) groups excluding carboxylic acids is 1. The highest BCUT2D eigenvalue weighted by atomic mass is 35.5.